The molecule has 2 N–H and O–H groups in total. The largest absolute Gasteiger partial charge is 0.465 e. The minimum atomic E-state index is -3.74. The Balaban J connectivity index is 2.99. The predicted octanol–water partition coefficient (Wildman–Crippen LogP) is 0.132. The van der Waals surface area contributed by atoms with Gasteiger partial charge in [0.25, 0.3) is 0 Å². The number of hydrogen-bond donors (Lipinski definition) is 2. The third-order valence-corrected chi connectivity index (χ3v) is 3.56. The topological polar surface area (TPSA) is 92.7 Å². The van der Waals surface area contributed by atoms with Crippen molar-refractivity contribution in [2.45, 2.75) is 17.9 Å². The Morgan fingerprint density at radius 1 is 1.50 bits per heavy atom. The third-order valence-electron chi connectivity index (χ3n) is 2.13. The van der Waals surface area contributed by atoms with E-state index in [1.807, 2.05) is 0 Å². The number of sulfonamides is 1. The van der Waals surface area contributed by atoms with E-state index >= 15 is 0 Å². The van der Waals surface area contributed by atoms with Crippen LogP contribution in [-0.4, -0.2) is 39.3 Å². The Morgan fingerprint density at radius 2 is 2.17 bits per heavy atom. The molecule has 0 radical (unpaired) electrons. The number of methoxy groups -OCH3 is 1. The van der Waals surface area contributed by atoms with Crippen LogP contribution in [0.15, 0.2) is 29.2 Å². The Labute approximate surface area is 106 Å². The molecule has 0 heterocycles. The predicted molar refractivity (Wildman–Crippen MR) is 64.7 cm³/mol. The molecule has 0 amide bonds. The van der Waals surface area contributed by atoms with Crippen molar-refractivity contribution >= 4 is 16.0 Å². The summed E-state index contributed by atoms with van der Waals surface area (Å²) in [5.74, 6) is -0.609. The Hall–Kier alpha value is -1.44. The molecule has 0 bridgehead atoms. The molecule has 0 fully saturated rings. The van der Waals surface area contributed by atoms with Crippen molar-refractivity contribution in [1.29, 1.82) is 0 Å². The van der Waals surface area contributed by atoms with Gasteiger partial charge in [0.1, 0.15) is 0 Å². The molecule has 0 aliphatic rings. The zero-order chi connectivity index (χ0) is 13.8. The lowest BCUT2D eigenvalue weighted by Crippen LogP contribution is -2.30. The zero-order valence-electron chi connectivity index (χ0n) is 10.1. The highest BCUT2D eigenvalue weighted by molar-refractivity contribution is 7.89. The number of rotatable bonds is 5. The van der Waals surface area contributed by atoms with E-state index in [1.165, 1.54) is 38.3 Å². The van der Waals surface area contributed by atoms with Gasteiger partial charge in [-0.05, 0) is 25.1 Å². The summed E-state index contributed by atoms with van der Waals surface area (Å²) >= 11 is 0. The van der Waals surface area contributed by atoms with Crippen molar-refractivity contribution in [3.63, 3.8) is 0 Å². The van der Waals surface area contributed by atoms with Crippen LogP contribution in [0.4, 0.5) is 0 Å². The number of hydrogen-bond acceptors (Lipinski definition) is 5. The van der Waals surface area contributed by atoms with Crippen LogP contribution in [0.25, 0.3) is 0 Å². The van der Waals surface area contributed by atoms with Gasteiger partial charge in [-0.3, -0.25) is 0 Å². The van der Waals surface area contributed by atoms with Crippen molar-refractivity contribution in [2.75, 3.05) is 13.7 Å². The minimum absolute atomic E-state index is 0.0500. The van der Waals surface area contributed by atoms with E-state index in [1.54, 1.807) is 0 Å². The molecule has 1 aromatic carbocycles. The van der Waals surface area contributed by atoms with Gasteiger partial charge in [-0.2, -0.15) is 0 Å². The standard InChI is InChI=1S/C11H15NO5S/c1-8(13)7-12-18(15,16)10-5-3-4-9(6-10)11(14)17-2/h3-6,8,12-13H,7H2,1-2H3/t8-/m0/s1. The molecule has 0 unspecified atom stereocenters. The summed E-state index contributed by atoms with van der Waals surface area (Å²) in [6.07, 6.45) is -0.788. The summed E-state index contributed by atoms with van der Waals surface area (Å²) < 4.78 is 30.4. The summed E-state index contributed by atoms with van der Waals surface area (Å²) in [7, 11) is -2.52. The van der Waals surface area contributed by atoms with Crippen LogP contribution in [-0.2, 0) is 14.8 Å². The Kier molecular flexibility index (Phi) is 4.83. The maximum atomic E-state index is 11.8. The quantitative estimate of drug-likeness (QED) is 0.744. The van der Waals surface area contributed by atoms with Crippen LogP contribution in [0.2, 0.25) is 0 Å². The van der Waals surface area contributed by atoms with E-state index in [4.69, 9.17) is 5.11 Å². The van der Waals surface area contributed by atoms with Crippen molar-refractivity contribution < 1.29 is 23.1 Å². The molecule has 7 heteroatoms. The van der Waals surface area contributed by atoms with Crippen molar-refractivity contribution in [3.05, 3.63) is 29.8 Å². The van der Waals surface area contributed by atoms with Gasteiger partial charge in [-0.1, -0.05) is 6.07 Å². The monoisotopic (exact) mass is 273 g/mol. The number of carbonyl (C=O) groups is 1. The molecular weight excluding hydrogens is 258 g/mol. The highest BCUT2D eigenvalue weighted by Crippen LogP contribution is 2.12. The smallest absolute Gasteiger partial charge is 0.337 e. The van der Waals surface area contributed by atoms with Crippen LogP contribution in [0.1, 0.15) is 17.3 Å². The van der Waals surface area contributed by atoms with Gasteiger partial charge in [0, 0.05) is 6.54 Å². The fraction of sp³-hybridized carbons (Fsp3) is 0.364. The highest BCUT2D eigenvalue weighted by Gasteiger charge is 2.16. The first-order valence-electron chi connectivity index (χ1n) is 5.23. The molecule has 0 saturated heterocycles. The Morgan fingerprint density at radius 3 is 2.72 bits per heavy atom. The molecule has 0 saturated carbocycles. The SMILES string of the molecule is COC(=O)c1cccc(S(=O)(=O)NC[C@H](C)O)c1. The number of aliphatic hydroxyl groups excluding tert-OH is 1. The summed E-state index contributed by atoms with van der Waals surface area (Å²) in [6.45, 7) is 1.37. The summed E-state index contributed by atoms with van der Waals surface area (Å²) in [5, 5.41) is 9.04. The molecule has 18 heavy (non-hydrogen) atoms. The summed E-state index contributed by atoms with van der Waals surface area (Å²) in [6, 6.07) is 5.48. The second kappa shape index (κ2) is 5.94. The maximum Gasteiger partial charge on any atom is 0.337 e. The third kappa shape index (κ3) is 3.80. The van der Waals surface area contributed by atoms with Gasteiger partial charge >= 0.3 is 5.97 Å². The fourth-order valence-electron chi connectivity index (χ4n) is 1.22. The van der Waals surface area contributed by atoms with Gasteiger partial charge in [-0.25, -0.2) is 17.9 Å². The van der Waals surface area contributed by atoms with E-state index < -0.39 is 22.1 Å². The van der Waals surface area contributed by atoms with Gasteiger partial charge in [0.05, 0.1) is 23.7 Å². The first kappa shape index (κ1) is 14.6. The van der Waals surface area contributed by atoms with E-state index in [2.05, 4.69) is 9.46 Å². The van der Waals surface area contributed by atoms with E-state index in [-0.39, 0.29) is 17.0 Å². The molecular formula is C11H15NO5S. The summed E-state index contributed by atoms with van der Waals surface area (Å²) in [5.41, 5.74) is 0.150. The number of aliphatic hydroxyl groups is 1. The van der Waals surface area contributed by atoms with Crippen LogP contribution in [0.3, 0.4) is 0 Å². The first-order chi connectivity index (χ1) is 8.36. The molecule has 0 spiro atoms. The Bertz CT molecular complexity index is 524. The van der Waals surface area contributed by atoms with Gasteiger partial charge in [0.15, 0.2) is 0 Å². The first-order valence-corrected chi connectivity index (χ1v) is 6.71. The van der Waals surface area contributed by atoms with Gasteiger partial charge in [0.2, 0.25) is 10.0 Å². The second-order valence-electron chi connectivity index (χ2n) is 3.72. The number of ether oxygens (including phenoxy) is 1. The lowest BCUT2D eigenvalue weighted by molar-refractivity contribution is 0.0600. The molecule has 1 atom stereocenters. The normalized spacial score (nSPS) is 13.1. The lowest BCUT2D eigenvalue weighted by Gasteiger charge is -2.09. The highest BCUT2D eigenvalue weighted by atomic mass is 32.2. The van der Waals surface area contributed by atoms with Gasteiger partial charge in [-0.15, -0.1) is 0 Å². The lowest BCUT2D eigenvalue weighted by atomic mass is 10.2. The fourth-order valence-corrected chi connectivity index (χ4v) is 2.39. The molecule has 1 aromatic rings. The molecule has 100 valence electrons. The molecule has 0 aromatic heterocycles. The van der Waals surface area contributed by atoms with Crippen molar-refractivity contribution in [2.24, 2.45) is 0 Å². The molecule has 6 nitrogen and oxygen atoms in total. The average molecular weight is 273 g/mol. The molecule has 0 aliphatic carbocycles. The van der Waals surface area contributed by atoms with Crippen LogP contribution >= 0.6 is 0 Å². The van der Waals surface area contributed by atoms with E-state index in [0.717, 1.165) is 0 Å². The van der Waals surface area contributed by atoms with Crippen LogP contribution in [0, 0.1) is 0 Å². The molecule has 1 rings (SSSR count). The van der Waals surface area contributed by atoms with Gasteiger partial charge < -0.3 is 9.84 Å². The van der Waals surface area contributed by atoms with Crippen molar-refractivity contribution in [3.8, 4) is 0 Å². The minimum Gasteiger partial charge on any atom is -0.465 e. The van der Waals surface area contributed by atoms with E-state index in [0.29, 0.717) is 0 Å². The van der Waals surface area contributed by atoms with Crippen molar-refractivity contribution in [1.82, 2.24) is 4.72 Å². The average Bonchev–Trinajstić information content (AvgIpc) is 2.35. The summed E-state index contributed by atoms with van der Waals surface area (Å²) in [4.78, 5) is 11.2. The number of esters is 1. The van der Waals surface area contributed by atoms with Crippen LogP contribution < -0.4 is 4.72 Å². The second-order valence-corrected chi connectivity index (χ2v) is 5.49. The zero-order valence-corrected chi connectivity index (χ0v) is 10.9. The number of benzene rings is 1. The maximum absolute atomic E-state index is 11.8. The molecule has 0 aliphatic heterocycles. The number of nitrogens with one attached hydrogen (secondary N) is 1. The number of carbonyl (C=O) groups excluding carboxylic acids is 1. The van der Waals surface area contributed by atoms with E-state index in [9.17, 15) is 13.2 Å². The van der Waals surface area contributed by atoms with Crippen LogP contribution in [0.5, 0.6) is 0 Å².